The number of aryl methyl sites for hydroxylation is 1. The summed E-state index contributed by atoms with van der Waals surface area (Å²) in [5, 5.41) is 3.95. The lowest BCUT2D eigenvalue weighted by atomic mass is 10.1. The molecule has 0 unspecified atom stereocenters. The van der Waals surface area contributed by atoms with Crippen LogP contribution in [0.25, 0.3) is 0 Å². The van der Waals surface area contributed by atoms with Gasteiger partial charge in [0.25, 0.3) is 5.91 Å². The average molecular weight is 481 g/mol. The first-order chi connectivity index (χ1) is 14.9. The topological polar surface area (TPSA) is 77.0 Å². The van der Waals surface area contributed by atoms with Crippen molar-refractivity contribution in [3.63, 3.8) is 0 Å². The van der Waals surface area contributed by atoms with Gasteiger partial charge < -0.3 is 9.47 Å². The predicted molar refractivity (Wildman–Crippen MR) is 123 cm³/mol. The van der Waals surface area contributed by atoms with E-state index in [-0.39, 0.29) is 5.91 Å². The molecule has 1 N–H and O–H groups in total. The molecule has 6 nitrogen and oxygen atoms in total. The highest BCUT2D eigenvalue weighted by Gasteiger charge is 2.14. The summed E-state index contributed by atoms with van der Waals surface area (Å²) in [6, 6.07) is 21.2. The van der Waals surface area contributed by atoms with Crippen LogP contribution in [0.2, 0.25) is 0 Å². The van der Waals surface area contributed by atoms with Crippen molar-refractivity contribution in [1.82, 2.24) is 5.43 Å². The second kappa shape index (κ2) is 10.5. The molecular weight excluding hydrogens is 460 g/mol. The third-order valence-corrected chi connectivity index (χ3v) is 4.87. The highest BCUT2D eigenvalue weighted by molar-refractivity contribution is 9.10. The van der Waals surface area contributed by atoms with Crippen LogP contribution in [0.1, 0.15) is 28.4 Å². The first-order valence-electron chi connectivity index (χ1n) is 9.55. The van der Waals surface area contributed by atoms with Crippen molar-refractivity contribution in [3.05, 3.63) is 94.0 Å². The van der Waals surface area contributed by atoms with Crippen LogP contribution in [0.4, 0.5) is 0 Å². The molecule has 0 aliphatic carbocycles. The number of nitrogens with zero attached hydrogens (tertiary/aromatic N) is 1. The number of benzene rings is 3. The molecule has 0 saturated heterocycles. The Morgan fingerprint density at radius 3 is 2.29 bits per heavy atom. The van der Waals surface area contributed by atoms with Crippen LogP contribution in [0, 0.1) is 6.92 Å². The molecule has 0 saturated carbocycles. The quantitative estimate of drug-likeness (QED) is 0.226. The summed E-state index contributed by atoms with van der Waals surface area (Å²) < 4.78 is 11.9. The zero-order valence-electron chi connectivity index (χ0n) is 17.0. The molecule has 3 aromatic carbocycles. The maximum absolute atomic E-state index is 12.3. The van der Waals surface area contributed by atoms with Gasteiger partial charge in [0.2, 0.25) is 0 Å². The molecule has 7 heteroatoms. The number of nitrogens with one attached hydrogen (secondary N) is 1. The van der Waals surface area contributed by atoms with Crippen molar-refractivity contribution in [3.8, 4) is 11.5 Å². The molecule has 0 heterocycles. The first kappa shape index (κ1) is 22.2. The summed E-state index contributed by atoms with van der Waals surface area (Å²) in [7, 11) is 0. The van der Waals surface area contributed by atoms with Crippen LogP contribution in [0.5, 0.6) is 11.5 Å². The van der Waals surface area contributed by atoms with E-state index in [0.717, 1.165) is 15.6 Å². The molecular formula is C24H21BrN2O4. The number of carbonyl (C=O) groups is 2. The summed E-state index contributed by atoms with van der Waals surface area (Å²) in [5.74, 6) is 0.228. The van der Waals surface area contributed by atoms with E-state index in [1.807, 2.05) is 31.2 Å². The van der Waals surface area contributed by atoms with Gasteiger partial charge in [-0.05, 0) is 79.6 Å². The highest BCUT2D eigenvalue weighted by atomic mass is 79.9. The smallest absolute Gasteiger partial charge is 0.343 e. The Hall–Kier alpha value is -3.45. The Labute approximate surface area is 189 Å². The van der Waals surface area contributed by atoms with Gasteiger partial charge in [-0.15, -0.1) is 0 Å². The van der Waals surface area contributed by atoms with Gasteiger partial charge in [-0.2, -0.15) is 5.10 Å². The monoisotopic (exact) mass is 480 g/mol. The van der Waals surface area contributed by atoms with E-state index in [4.69, 9.17) is 9.47 Å². The number of hydrogen-bond donors (Lipinski definition) is 1. The molecule has 0 fully saturated rings. The van der Waals surface area contributed by atoms with Crippen LogP contribution in [0.3, 0.4) is 0 Å². The van der Waals surface area contributed by atoms with Crippen LogP contribution >= 0.6 is 15.9 Å². The molecule has 0 aromatic heterocycles. The molecule has 0 spiro atoms. The second-order valence-electron chi connectivity index (χ2n) is 6.72. The number of esters is 1. The van der Waals surface area contributed by atoms with Crippen molar-refractivity contribution in [2.45, 2.75) is 20.0 Å². The van der Waals surface area contributed by atoms with Gasteiger partial charge in [0.1, 0.15) is 11.5 Å². The summed E-state index contributed by atoms with van der Waals surface area (Å²) >= 11 is 3.35. The van der Waals surface area contributed by atoms with Gasteiger partial charge in [0.05, 0.1) is 11.8 Å². The molecule has 0 radical (unpaired) electrons. The SMILES string of the molecule is Cc1ccccc1C(=O)Oc1ccc(/C=N\NC(=O)[C@H](C)Oc2ccc(Br)cc2)cc1. The van der Waals surface area contributed by atoms with E-state index < -0.39 is 12.1 Å². The second-order valence-corrected chi connectivity index (χ2v) is 7.64. The zero-order chi connectivity index (χ0) is 22.2. The minimum atomic E-state index is -0.707. The number of hydrogen-bond acceptors (Lipinski definition) is 5. The maximum atomic E-state index is 12.3. The van der Waals surface area contributed by atoms with Crippen molar-refractivity contribution in [2.24, 2.45) is 5.10 Å². The van der Waals surface area contributed by atoms with Gasteiger partial charge >= 0.3 is 5.97 Å². The summed E-state index contributed by atoms with van der Waals surface area (Å²) in [6.07, 6.45) is 0.790. The number of hydrazone groups is 1. The Bertz CT molecular complexity index is 1080. The minimum Gasteiger partial charge on any atom is -0.481 e. The van der Waals surface area contributed by atoms with E-state index in [9.17, 15) is 9.59 Å². The van der Waals surface area contributed by atoms with E-state index >= 15 is 0 Å². The van der Waals surface area contributed by atoms with Gasteiger partial charge in [-0.25, -0.2) is 10.2 Å². The standard InChI is InChI=1S/C24H21BrN2O4/c1-16-5-3-4-6-22(16)24(29)31-21-11-7-18(8-12-21)15-26-27-23(28)17(2)30-20-13-9-19(25)10-14-20/h3-15,17H,1-2H3,(H,27,28)/b26-15-/t17-/m0/s1. The molecule has 0 aliphatic rings. The van der Waals surface area contributed by atoms with E-state index in [1.54, 1.807) is 55.5 Å². The fraction of sp³-hybridized carbons (Fsp3) is 0.125. The number of amides is 1. The third-order valence-electron chi connectivity index (χ3n) is 4.34. The van der Waals surface area contributed by atoms with Crippen LogP contribution in [0.15, 0.2) is 82.4 Å². The van der Waals surface area contributed by atoms with Crippen molar-refractivity contribution < 1.29 is 19.1 Å². The van der Waals surface area contributed by atoms with Gasteiger partial charge in [0.15, 0.2) is 6.10 Å². The van der Waals surface area contributed by atoms with Gasteiger partial charge in [0, 0.05) is 4.47 Å². The third kappa shape index (κ3) is 6.52. The molecule has 0 aliphatic heterocycles. The number of carbonyl (C=O) groups excluding carboxylic acids is 2. The van der Waals surface area contributed by atoms with Crippen molar-refractivity contribution >= 4 is 34.0 Å². The van der Waals surface area contributed by atoms with E-state index in [0.29, 0.717) is 17.1 Å². The summed E-state index contributed by atoms with van der Waals surface area (Å²) in [6.45, 7) is 3.50. The minimum absolute atomic E-state index is 0.372. The lowest BCUT2D eigenvalue weighted by Gasteiger charge is -2.12. The van der Waals surface area contributed by atoms with Gasteiger partial charge in [-0.3, -0.25) is 4.79 Å². The van der Waals surface area contributed by atoms with E-state index in [1.165, 1.54) is 6.21 Å². The normalized spacial score (nSPS) is 11.7. The number of ether oxygens (including phenoxy) is 2. The lowest BCUT2D eigenvalue weighted by Crippen LogP contribution is -2.33. The van der Waals surface area contributed by atoms with Crippen LogP contribution in [-0.4, -0.2) is 24.2 Å². The Morgan fingerprint density at radius 1 is 0.968 bits per heavy atom. The van der Waals surface area contributed by atoms with Crippen LogP contribution in [-0.2, 0) is 4.79 Å². The molecule has 3 rings (SSSR count). The summed E-state index contributed by atoms with van der Waals surface area (Å²) in [4.78, 5) is 24.4. The largest absolute Gasteiger partial charge is 0.481 e. The highest BCUT2D eigenvalue weighted by Crippen LogP contribution is 2.17. The predicted octanol–water partition coefficient (Wildman–Crippen LogP) is 4.89. The van der Waals surface area contributed by atoms with Crippen LogP contribution < -0.4 is 14.9 Å². The molecule has 31 heavy (non-hydrogen) atoms. The Morgan fingerprint density at radius 2 is 1.61 bits per heavy atom. The zero-order valence-corrected chi connectivity index (χ0v) is 18.6. The van der Waals surface area contributed by atoms with Crippen molar-refractivity contribution in [1.29, 1.82) is 0 Å². The Balaban J connectivity index is 1.51. The molecule has 3 aromatic rings. The lowest BCUT2D eigenvalue weighted by molar-refractivity contribution is -0.127. The fourth-order valence-electron chi connectivity index (χ4n) is 2.62. The number of halogens is 1. The molecule has 158 valence electrons. The maximum Gasteiger partial charge on any atom is 0.343 e. The van der Waals surface area contributed by atoms with Crippen molar-refractivity contribution in [2.75, 3.05) is 0 Å². The molecule has 0 bridgehead atoms. The first-order valence-corrected chi connectivity index (χ1v) is 10.3. The molecule has 1 atom stereocenters. The average Bonchev–Trinajstić information content (AvgIpc) is 2.76. The molecule has 1 amide bonds. The Kier molecular flexibility index (Phi) is 7.56. The van der Waals surface area contributed by atoms with Gasteiger partial charge in [-0.1, -0.05) is 34.1 Å². The number of rotatable bonds is 7. The van der Waals surface area contributed by atoms with E-state index in [2.05, 4.69) is 26.5 Å². The summed E-state index contributed by atoms with van der Waals surface area (Å²) in [5.41, 5.74) is 4.56. The fourth-order valence-corrected chi connectivity index (χ4v) is 2.88.